The number of urea groups is 1. The van der Waals surface area contributed by atoms with Gasteiger partial charge < -0.3 is 5.32 Å². The molecule has 1 aromatic heterocycles. The second-order valence-corrected chi connectivity index (χ2v) is 3.79. The lowest BCUT2D eigenvalue weighted by molar-refractivity contribution is -0.123. The van der Waals surface area contributed by atoms with Crippen LogP contribution in [0.25, 0.3) is 0 Å². The molecule has 1 aromatic rings. The summed E-state index contributed by atoms with van der Waals surface area (Å²) in [5, 5.41) is 4.74. The summed E-state index contributed by atoms with van der Waals surface area (Å²) in [7, 11) is 0. The van der Waals surface area contributed by atoms with E-state index in [9.17, 15) is 9.59 Å². The summed E-state index contributed by atoms with van der Waals surface area (Å²) >= 11 is 1.34. The molecule has 0 aromatic carbocycles. The van der Waals surface area contributed by atoms with Crippen molar-refractivity contribution < 1.29 is 9.59 Å². The van der Waals surface area contributed by atoms with Gasteiger partial charge in [-0.25, -0.2) is 4.79 Å². The van der Waals surface area contributed by atoms with Crippen LogP contribution in [0.15, 0.2) is 11.7 Å². The number of aromatic nitrogens is 1. The molecule has 1 atom stereocenters. The van der Waals surface area contributed by atoms with Crippen LogP contribution in [0, 0.1) is 0 Å². The molecule has 1 aliphatic rings. The van der Waals surface area contributed by atoms with Crippen LogP contribution >= 0.6 is 11.3 Å². The van der Waals surface area contributed by atoms with E-state index in [0.717, 1.165) is 4.88 Å². The topological polar surface area (TPSA) is 71.1 Å². The third-order valence-corrected chi connectivity index (χ3v) is 2.96. The number of carbonyl (C=O) groups is 2. The van der Waals surface area contributed by atoms with E-state index in [4.69, 9.17) is 0 Å². The van der Waals surface area contributed by atoms with Crippen molar-refractivity contribution in [1.82, 2.24) is 15.6 Å². The molecule has 0 bridgehead atoms. The lowest BCUT2D eigenvalue weighted by Crippen LogP contribution is -2.39. The van der Waals surface area contributed by atoms with E-state index in [1.165, 1.54) is 11.3 Å². The molecule has 1 saturated heterocycles. The Morgan fingerprint density at radius 2 is 2.31 bits per heavy atom. The van der Waals surface area contributed by atoms with Gasteiger partial charge in [0, 0.05) is 6.20 Å². The molecule has 0 spiro atoms. The normalized spacial score (nSPS) is 27.2. The quantitative estimate of drug-likeness (QED) is 0.632. The van der Waals surface area contributed by atoms with Gasteiger partial charge in [-0.1, -0.05) is 0 Å². The summed E-state index contributed by atoms with van der Waals surface area (Å²) in [5.74, 6) is -0.332. The van der Waals surface area contributed by atoms with Crippen LogP contribution in [0.1, 0.15) is 11.8 Å². The second kappa shape index (κ2) is 2.53. The van der Waals surface area contributed by atoms with Crippen molar-refractivity contribution in [2.45, 2.75) is 12.5 Å². The van der Waals surface area contributed by atoms with Crippen molar-refractivity contribution in [3.8, 4) is 0 Å². The lowest BCUT2D eigenvalue weighted by atomic mass is 10.0. The molecule has 68 valence electrons. The molecule has 2 N–H and O–H groups in total. The fourth-order valence-corrected chi connectivity index (χ4v) is 1.92. The number of thiazole rings is 1. The van der Waals surface area contributed by atoms with Gasteiger partial charge in [-0.3, -0.25) is 15.1 Å². The van der Waals surface area contributed by atoms with Gasteiger partial charge in [0.05, 0.1) is 10.4 Å². The third-order valence-electron chi connectivity index (χ3n) is 1.97. The number of amides is 3. The van der Waals surface area contributed by atoms with Gasteiger partial charge in [0.15, 0.2) is 5.54 Å². The van der Waals surface area contributed by atoms with Gasteiger partial charge >= 0.3 is 6.03 Å². The largest absolute Gasteiger partial charge is 0.322 e. The number of nitrogens with one attached hydrogen (secondary N) is 2. The molecule has 0 aliphatic carbocycles. The number of hydrogen-bond donors (Lipinski definition) is 2. The number of imide groups is 1. The maximum Gasteiger partial charge on any atom is 0.322 e. The van der Waals surface area contributed by atoms with Crippen molar-refractivity contribution in [1.29, 1.82) is 0 Å². The van der Waals surface area contributed by atoms with Gasteiger partial charge in [-0.2, -0.15) is 0 Å². The Balaban J connectivity index is 2.42. The van der Waals surface area contributed by atoms with Crippen LogP contribution in [-0.2, 0) is 10.3 Å². The summed E-state index contributed by atoms with van der Waals surface area (Å²) in [4.78, 5) is 26.9. The highest BCUT2D eigenvalue weighted by molar-refractivity contribution is 7.09. The van der Waals surface area contributed by atoms with Gasteiger partial charge in [-0.05, 0) is 6.92 Å². The first-order valence-electron chi connectivity index (χ1n) is 3.65. The molecular weight excluding hydrogens is 190 g/mol. The standard InChI is InChI=1S/C7H7N3O2S/c1-7(4-2-8-3-13-4)5(11)9-6(12)10-7/h2-3H,1H3,(H2,9,10,11,12). The minimum Gasteiger partial charge on any atom is -0.319 e. The average Bonchev–Trinajstić information content (AvgIpc) is 2.61. The van der Waals surface area contributed by atoms with Crippen molar-refractivity contribution in [2.75, 3.05) is 0 Å². The first-order valence-corrected chi connectivity index (χ1v) is 4.53. The molecule has 3 amide bonds. The molecule has 1 fully saturated rings. The maximum atomic E-state index is 11.4. The Labute approximate surface area is 78.2 Å². The number of rotatable bonds is 1. The zero-order valence-electron chi connectivity index (χ0n) is 6.83. The van der Waals surface area contributed by atoms with E-state index < -0.39 is 11.6 Å². The average molecular weight is 197 g/mol. The van der Waals surface area contributed by atoms with Crippen molar-refractivity contribution in [3.05, 3.63) is 16.6 Å². The maximum absolute atomic E-state index is 11.4. The molecule has 0 saturated carbocycles. The molecule has 1 unspecified atom stereocenters. The SMILES string of the molecule is CC1(c2cncs2)NC(=O)NC1=O. The molecule has 6 heteroatoms. The van der Waals surface area contributed by atoms with Gasteiger partial charge in [-0.15, -0.1) is 11.3 Å². The number of carbonyl (C=O) groups excluding carboxylic acids is 2. The van der Waals surface area contributed by atoms with Gasteiger partial charge in [0.2, 0.25) is 0 Å². The van der Waals surface area contributed by atoms with E-state index in [1.807, 2.05) is 0 Å². The third kappa shape index (κ3) is 1.10. The summed E-state index contributed by atoms with van der Waals surface area (Å²) in [6.45, 7) is 1.65. The molecule has 13 heavy (non-hydrogen) atoms. The Hall–Kier alpha value is -1.43. The fraction of sp³-hybridized carbons (Fsp3) is 0.286. The molecule has 1 aliphatic heterocycles. The van der Waals surface area contributed by atoms with Crippen LogP contribution in [0.2, 0.25) is 0 Å². The number of hydrogen-bond acceptors (Lipinski definition) is 4. The van der Waals surface area contributed by atoms with Gasteiger partial charge in [0.25, 0.3) is 5.91 Å². The van der Waals surface area contributed by atoms with Crippen molar-refractivity contribution >= 4 is 23.3 Å². The summed E-state index contributed by atoms with van der Waals surface area (Å²) < 4.78 is 0. The predicted octanol–water partition coefficient (Wildman–Crippen LogP) is 0.198. The molecular formula is C7H7N3O2S. The van der Waals surface area contributed by atoms with Crippen molar-refractivity contribution in [3.63, 3.8) is 0 Å². The highest BCUT2D eigenvalue weighted by Gasteiger charge is 2.44. The number of nitrogens with zero attached hydrogens (tertiary/aromatic N) is 1. The zero-order chi connectivity index (χ0) is 9.47. The predicted molar refractivity (Wildman–Crippen MR) is 46.1 cm³/mol. The van der Waals surface area contributed by atoms with E-state index in [-0.39, 0.29) is 5.91 Å². The summed E-state index contributed by atoms with van der Waals surface area (Å²) in [5.41, 5.74) is 0.677. The van der Waals surface area contributed by atoms with E-state index in [2.05, 4.69) is 15.6 Å². The fourth-order valence-electron chi connectivity index (χ4n) is 1.18. The Kier molecular flexibility index (Phi) is 1.59. The lowest BCUT2D eigenvalue weighted by Gasteiger charge is -2.17. The first-order chi connectivity index (χ1) is 6.13. The Bertz CT molecular complexity index is 362. The molecule has 5 nitrogen and oxygen atoms in total. The zero-order valence-corrected chi connectivity index (χ0v) is 7.64. The van der Waals surface area contributed by atoms with E-state index in [0.29, 0.717) is 0 Å². The van der Waals surface area contributed by atoms with E-state index >= 15 is 0 Å². The Morgan fingerprint density at radius 1 is 1.54 bits per heavy atom. The van der Waals surface area contributed by atoms with E-state index in [1.54, 1.807) is 18.6 Å². The summed E-state index contributed by atoms with van der Waals surface area (Å²) in [6.07, 6.45) is 1.58. The van der Waals surface area contributed by atoms with Crippen LogP contribution in [0.5, 0.6) is 0 Å². The smallest absolute Gasteiger partial charge is 0.319 e. The highest BCUT2D eigenvalue weighted by atomic mass is 32.1. The van der Waals surface area contributed by atoms with Crippen LogP contribution in [-0.4, -0.2) is 16.9 Å². The highest BCUT2D eigenvalue weighted by Crippen LogP contribution is 2.26. The Morgan fingerprint density at radius 3 is 2.77 bits per heavy atom. The second-order valence-electron chi connectivity index (χ2n) is 2.90. The molecule has 0 radical (unpaired) electrons. The van der Waals surface area contributed by atoms with Crippen LogP contribution in [0.3, 0.4) is 0 Å². The minimum atomic E-state index is -0.946. The first kappa shape index (κ1) is 8.18. The molecule has 2 heterocycles. The van der Waals surface area contributed by atoms with Gasteiger partial charge in [0.1, 0.15) is 0 Å². The van der Waals surface area contributed by atoms with Crippen LogP contribution in [0.4, 0.5) is 4.79 Å². The van der Waals surface area contributed by atoms with Crippen molar-refractivity contribution in [2.24, 2.45) is 0 Å². The monoisotopic (exact) mass is 197 g/mol. The minimum absolute atomic E-state index is 0.332. The summed E-state index contributed by atoms with van der Waals surface area (Å²) in [6, 6.07) is -0.457. The molecule has 2 rings (SSSR count). The van der Waals surface area contributed by atoms with Crippen LogP contribution < -0.4 is 10.6 Å².